The summed E-state index contributed by atoms with van der Waals surface area (Å²) in [6, 6.07) is 7.74. The van der Waals surface area contributed by atoms with Crippen LogP contribution in [0.3, 0.4) is 0 Å². The van der Waals surface area contributed by atoms with Crippen molar-refractivity contribution < 1.29 is 4.79 Å². The Bertz CT molecular complexity index is 389. The molecule has 3 nitrogen and oxygen atoms in total. The molecule has 0 spiro atoms. The molecule has 16 heavy (non-hydrogen) atoms. The fraction of sp³-hybridized carbons (Fsp3) is 0.462. The molecule has 1 fully saturated rings. The van der Waals surface area contributed by atoms with Gasteiger partial charge in [-0.15, -0.1) is 0 Å². The Kier molecular flexibility index (Phi) is 3.25. The van der Waals surface area contributed by atoms with E-state index in [1.807, 2.05) is 23.1 Å². The second-order valence-corrected chi connectivity index (χ2v) is 4.22. The zero-order valence-corrected chi connectivity index (χ0v) is 9.65. The summed E-state index contributed by atoms with van der Waals surface area (Å²) >= 11 is 0. The van der Waals surface area contributed by atoms with E-state index >= 15 is 0 Å². The molecule has 1 aliphatic rings. The van der Waals surface area contributed by atoms with Crippen LogP contribution in [0.5, 0.6) is 0 Å². The Morgan fingerprint density at radius 3 is 2.94 bits per heavy atom. The zero-order chi connectivity index (χ0) is 11.5. The number of aryl methyl sites for hydroxylation is 1. The minimum Gasteiger partial charge on any atom is -0.320 e. The molecule has 1 unspecified atom stereocenters. The molecule has 1 heterocycles. The third kappa shape index (κ3) is 1.95. The number of piperidine rings is 1. The van der Waals surface area contributed by atoms with Gasteiger partial charge in [-0.3, -0.25) is 4.79 Å². The SMILES string of the molecule is CCc1ccccc1N1CCCC(N)C1=O. The summed E-state index contributed by atoms with van der Waals surface area (Å²) in [6.07, 6.45) is 2.74. The van der Waals surface area contributed by atoms with Crippen molar-refractivity contribution in [1.82, 2.24) is 0 Å². The van der Waals surface area contributed by atoms with Crippen molar-refractivity contribution in [2.75, 3.05) is 11.4 Å². The molecule has 2 rings (SSSR count). The third-order valence-electron chi connectivity index (χ3n) is 3.14. The van der Waals surface area contributed by atoms with Crippen molar-refractivity contribution in [3.05, 3.63) is 29.8 Å². The number of carbonyl (C=O) groups is 1. The summed E-state index contributed by atoms with van der Waals surface area (Å²) in [5.74, 6) is 0.0622. The van der Waals surface area contributed by atoms with Crippen molar-refractivity contribution in [2.24, 2.45) is 5.73 Å². The molecule has 0 saturated carbocycles. The maximum absolute atomic E-state index is 12.0. The van der Waals surface area contributed by atoms with E-state index in [-0.39, 0.29) is 11.9 Å². The first-order valence-electron chi connectivity index (χ1n) is 5.89. The van der Waals surface area contributed by atoms with Crippen LogP contribution in [0.15, 0.2) is 24.3 Å². The highest BCUT2D eigenvalue weighted by Crippen LogP contribution is 2.24. The van der Waals surface area contributed by atoms with Crippen LogP contribution in [0.2, 0.25) is 0 Å². The maximum atomic E-state index is 12.0. The average molecular weight is 218 g/mol. The number of nitrogens with zero attached hydrogens (tertiary/aromatic N) is 1. The highest BCUT2D eigenvalue weighted by atomic mass is 16.2. The van der Waals surface area contributed by atoms with Crippen LogP contribution in [0.4, 0.5) is 5.69 Å². The maximum Gasteiger partial charge on any atom is 0.243 e. The number of carbonyl (C=O) groups excluding carboxylic acids is 1. The fourth-order valence-corrected chi connectivity index (χ4v) is 2.22. The van der Waals surface area contributed by atoms with Gasteiger partial charge in [0.2, 0.25) is 5.91 Å². The zero-order valence-electron chi connectivity index (χ0n) is 9.65. The van der Waals surface area contributed by atoms with Gasteiger partial charge in [0, 0.05) is 12.2 Å². The molecule has 0 aliphatic carbocycles. The summed E-state index contributed by atoms with van der Waals surface area (Å²) < 4.78 is 0. The molecular weight excluding hydrogens is 200 g/mol. The van der Waals surface area contributed by atoms with Crippen molar-refractivity contribution >= 4 is 11.6 Å². The van der Waals surface area contributed by atoms with Crippen molar-refractivity contribution in [2.45, 2.75) is 32.2 Å². The number of hydrogen-bond donors (Lipinski definition) is 1. The molecular formula is C13H18N2O. The Morgan fingerprint density at radius 1 is 1.44 bits per heavy atom. The van der Waals surface area contributed by atoms with Gasteiger partial charge in [-0.05, 0) is 30.9 Å². The fourth-order valence-electron chi connectivity index (χ4n) is 2.22. The number of para-hydroxylation sites is 1. The number of benzene rings is 1. The van der Waals surface area contributed by atoms with Crippen LogP contribution in [-0.2, 0) is 11.2 Å². The number of amides is 1. The molecule has 86 valence electrons. The van der Waals surface area contributed by atoms with E-state index in [0.717, 1.165) is 31.5 Å². The Morgan fingerprint density at radius 2 is 2.19 bits per heavy atom. The van der Waals surface area contributed by atoms with Gasteiger partial charge in [0.1, 0.15) is 0 Å². The number of nitrogens with two attached hydrogens (primary N) is 1. The summed E-state index contributed by atoms with van der Waals surface area (Å²) in [6.45, 7) is 2.90. The van der Waals surface area contributed by atoms with E-state index in [4.69, 9.17) is 5.73 Å². The summed E-state index contributed by atoms with van der Waals surface area (Å²) in [5, 5.41) is 0. The minimum atomic E-state index is -0.321. The lowest BCUT2D eigenvalue weighted by Gasteiger charge is -2.31. The Hall–Kier alpha value is -1.35. The van der Waals surface area contributed by atoms with Crippen LogP contribution >= 0.6 is 0 Å². The third-order valence-corrected chi connectivity index (χ3v) is 3.14. The predicted octanol–water partition coefficient (Wildman–Crippen LogP) is 1.70. The van der Waals surface area contributed by atoms with Crippen molar-refractivity contribution in [3.63, 3.8) is 0 Å². The van der Waals surface area contributed by atoms with E-state index in [0.29, 0.717) is 0 Å². The van der Waals surface area contributed by atoms with Gasteiger partial charge < -0.3 is 10.6 Å². The monoisotopic (exact) mass is 218 g/mol. The molecule has 1 aromatic carbocycles. The van der Waals surface area contributed by atoms with Crippen LogP contribution in [-0.4, -0.2) is 18.5 Å². The molecule has 1 aromatic rings. The second kappa shape index (κ2) is 4.66. The number of rotatable bonds is 2. The summed E-state index contributed by atoms with van der Waals surface area (Å²) in [7, 11) is 0. The number of hydrogen-bond acceptors (Lipinski definition) is 2. The topological polar surface area (TPSA) is 46.3 Å². The van der Waals surface area contributed by atoms with Crippen LogP contribution in [0.25, 0.3) is 0 Å². The van der Waals surface area contributed by atoms with Gasteiger partial charge in [0.05, 0.1) is 6.04 Å². The molecule has 1 atom stereocenters. The lowest BCUT2D eigenvalue weighted by molar-refractivity contribution is -0.120. The van der Waals surface area contributed by atoms with Crippen LogP contribution in [0, 0.1) is 0 Å². The van der Waals surface area contributed by atoms with E-state index in [1.165, 1.54) is 5.56 Å². The minimum absolute atomic E-state index is 0.0622. The quantitative estimate of drug-likeness (QED) is 0.821. The largest absolute Gasteiger partial charge is 0.320 e. The van der Waals surface area contributed by atoms with E-state index in [2.05, 4.69) is 13.0 Å². The molecule has 1 amide bonds. The number of anilines is 1. The molecule has 0 bridgehead atoms. The van der Waals surface area contributed by atoms with Crippen LogP contribution in [0.1, 0.15) is 25.3 Å². The van der Waals surface area contributed by atoms with Gasteiger partial charge in [-0.25, -0.2) is 0 Å². The molecule has 1 saturated heterocycles. The molecule has 1 aliphatic heterocycles. The van der Waals surface area contributed by atoms with E-state index in [1.54, 1.807) is 0 Å². The van der Waals surface area contributed by atoms with Gasteiger partial charge >= 0.3 is 0 Å². The molecule has 0 radical (unpaired) electrons. The first kappa shape index (κ1) is 11.1. The second-order valence-electron chi connectivity index (χ2n) is 4.22. The average Bonchev–Trinajstić information content (AvgIpc) is 2.33. The van der Waals surface area contributed by atoms with Crippen LogP contribution < -0.4 is 10.6 Å². The Labute approximate surface area is 96.2 Å². The first-order valence-corrected chi connectivity index (χ1v) is 5.89. The molecule has 2 N–H and O–H groups in total. The Balaban J connectivity index is 2.32. The normalized spacial score (nSPS) is 21.2. The van der Waals surface area contributed by atoms with E-state index < -0.39 is 0 Å². The highest BCUT2D eigenvalue weighted by molar-refractivity contribution is 5.98. The smallest absolute Gasteiger partial charge is 0.243 e. The molecule has 0 aromatic heterocycles. The first-order chi connectivity index (χ1) is 7.74. The van der Waals surface area contributed by atoms with Gasteiger partial charge in [-0.2, -0.15) is 0 Å². The van der Waals surface area contributed by atoms with Gasteiger partial charge in [0.25, 0.3) is 0 Å². The highest BCUT2D eigenvalue weighted by Gasteiger charge is 2.27. The summed E-state index contributed by atoms with van der Waals surface area (Å²) in [4.78, 5) is 13.8. The van der Waals surface area contributed by atoms with E-state index in [9.17, 15) is 4.79 Å². The van der Waals surface area contributed by atoms with Crippen molar-refractivity contribution in [3.8, 4) is 0 Å². The van der Waals surface area contributed by atoms with Gasteiger partial charge in [-0.1, -0.05) is 25.1 Å². The predicted molar refractivity (Wildman–Crippen MR) is 65.4 cm³/mol. The lowest BCUT2D eigenvalue weighted by atomic mass is 10.0. The standard InChI is InChI=1S/C13H18N2O/c1-2-10-6-3-4-8-12(10)15-9-5-7-11(14)13(15)16/h3-4,6,8,11H,2,5,7,9,14H2,1H3. The summed E-state index contributed by atoms with van der Waals surface area (Å²) in [5.41, 5.74) is 8.05. The van der Waals surface area contributed by atoms with Crippen molar-refractivity contribution in [1.29, 1.82) is 0 Å². The van der Waals surface area contributed by atoms with Gasteiger partial charge in [0.15, 0.2) is 0 Å². The molecule has 3 heteroatoms. The lowest BCUT2D eigenvalue weighted by Crippen LogP contribution is -2.48.